The van der Waals surface area contributed by atoms with Gasteiger partial charge in [-0.1, -0.05) is 62.2 Å². The van der Waals surface area contributed by atoms with Crippen molar-refractivity contribution in [1.29, 1.82) is 0 Å². The maximum absolute atomic E-state index is 14.4. The van der Waals surface area contributed by atoms with Crippen LogP contribution in [0.1, 0.15) is 56.9 Å². The van der Waals surface area contributed by atoms with Gasteiger partial charge in [-0.3, -0.25) is 4.79 Å². The maximum Gasteiger partial charge on any atom is 0.252 e. The molecule has 1 aliphatic rings. The largest absolute Gasteiger partial charge is 0.358 e. The zero-order valence-electron chi connectivity index (χ0n) is 19.1. The lowest BCUT2D eigenvalue weighted by atomic mass is 9.89. The van der Waals surface area contributed by atoms with E-state index in [1.54, 1.807) is 24.3 Å². The molecule has 0 aromatic heterocycles. The van der Waals surface area contributed by atoms with E-state index in [2.05, 4.69) is 27.4 Å². The quantitative estimate of drug-likeness (QED) is 0.325. The lowest BCUT2D eigenvalue weighted by Gasteiger charge is -2.48. The predicted molar refractivity (Wildman–Crippen MR) is 137 cm³/mol. The van der Waals surface area contributed by atoms with Crippen LogP contribution in [0.5, 0.6) is 0 Å². The Morgan fingerprint density at radius 2 is 1.85 bits per heavy atom. The van der Waals surface area contributed by atoms with Gasteiger partial charge in [0.05, 0.1) is 6.04 Å². The number of carbonyl (C=O) groups excluding carboxylic acids is 1. The highest BCUT2D eigenvalue weighted by atomic mass is 35.5. The van der Waals surface area contributed by atoms with Crippen LogP contribution >= 0.6 is 35.0 Å². The summed E-state index contributed by atoms with van der Waals surface area (Å²) in [5, 5.41) is 1.33. The predicted octanol–water partition coefficient (Wildman–Crippen LogP) is 7.64. The van der Waals surface area contributed by atoms with Gasteiger partial charge in [0, 0.05) is 28.3 Å². The van der Waals surface area contributed by atoms with Gasteiger partial charge < -0.3 is 9.64 Å². The van der Waals surface area contributed by atoms with Crippen LogP contribution in [0.2, 0.25) is 10.0 Å². The fraction of sp³-hybridized carbons (Fsp3) is 0.423. The number of ether oxygens (including phenoxy) is 1. The van der Waals surface area contributed by atoms with Crippen molar-refractivity contribution < 1.29 is 13.9 Å². The minimum absolute atomic E-state index is 0.0201. The summed E-state index contributed by atoms with van der Waals surface area (Å²) in [6.45, 7) is 10.2. The molecule has 7 heteroatoms. The summed E-state index contributed by atoms with van der Waals surface area (Å²) in [5.41, 5.74) is 1.47. The van der Waals surface area contributed by atoms with Gasteiger partial charge >= 0.3 is 0 Å². The van der Waals surface area contributed by atoms with Crippen LogP contribution in [0, 0.1) is 5.82 Å². The van der Waals surface area contributed by atoms with Crippen LogP contribution in [0.25, 0.3) is 0 Å². The van der Waals surface area contributed by atoms with Crippen molar-refractivity contribution in [1.82, 2.24) is 4.90 Å². The van der Waals surface area contributed by atoms with Crippen molar-refractivity contribution in [2.45, 2.75) is 63.2 Å². The number of halogens is 3. The van der Waals surface area contributed by atoms with E-state index in [0.29, 0.717) is 22.3 Å². The molecule has 178 valence electrons. The monoisotopic (exact) mass is 509 g/mol. The molecule has 2 unspecified atom stereocenters. The first kappa shape index (κ1) is 26.1. The SMILES string of the molecule is C=CCC1O[C@H](c2cc(F)cc(Cl)c2)[C@@H](c2ccc(Cl)cc2)N(C(CC)CSC(C)C)C1=O. The number of hydrogen-bond donors (Lipinski definition) is 0. The Labute approximate surface area is 210 Å². The van der Waals surface area contributed by atoms with E-state index in [4.69, 9.17) is 27.9 Å². The van der Waals surface area contributed by atoms with Crippen molar-refractivity contribution in [3.8, 4) is 0 Å². The van der Waals surface area contributed by atoms with Crippen molar-refractivity contribution in [3.05, 3.63) is 82.1 Å². The Hall–Kier alpha value is -1.53. The van der Waals surface area contributed by atoms with Crippen LogP contribution in [0.15, 0.2) is 55.1 Å². The first-order valence-corrected chi connectivity index (χ1v) is 13.0. The molecule has 0 radical (unpaired) electrons. The lowest BCUT2D eigenvalue weighted by Crippen LogP contribution is -2.55. The molecule has 0 saturated carbocycles. The Bertz CT molecular complexity index is 949. The highest BCUT2D eigenvalue weighted by molar-refractivity contribution is 7.99. The zero-order valence-corrected chi connectivity index (χ0v) is 21.5. The van der Waals surface area contributed by atoms with Gasteiger partial charge in [0.1, 0.15) is 18.0 Å². The first-order valence-electron chi connectivity index (χ1n) is 11.2. The van der Waals surface area contributed by atoms with Gasteiger partial charge in [0.25, 0.3) is 5.91 Å². The zero-order chi connectivity index (χ0) is 24.1. The second-order valence-corrected chi connectivity index (χ2v) is 10.9. The van der Waals surface area contributed by atoms with Gasteiger partial charge in [-0.05, 0) is 53.1 Å². The number of hydrogen-bond acceptors (Lipinski definition) is 3. The van der Waals surface area contributed by atoms with Crippen molar-refractivity contribution >= 4 is 40.9 Å². The third kappa shape index (κ3) is 6.33. The summed E-state index contributed by atoms with van der Waals surface area (Å²) in [5.74, 6) is 0.272. The van der Waals surface area contributed by atoms with Crippen LogP contribution < -0.4 is 0 Å². The molecule has 0 N–H and O–H groups in total. The lowest BCUT2D eigenvalue weighted by molar-refractivity contribution is -0.178. The Morgan fingerprint density at radius 1 is 1.15 bits per heavy atom. The molecule has 1 heterocycles. The van der Waals surface area contributed by atoms with E-state index < -0.39 is 24.1 Å². The fourth-order valence-corrected chi connectivity index (χ4v) is 5.53. The summed E-state index contributed by atoms with van der Waals surface area (Å²) in [6.07, 6.45) is 1.54. The van der Waals surface area contributed by atoms with Crippen LogP contribution in [-0.2, 0) is 9.53 Å². The normalized spacial score (nSPS) is 22.0. The Balaban J connectivity index is 2.16. The molecule has 33 heavy (non-hydrogen) atoms. The van der Waals surface area contributed by atoms with E-state index in [-0.39, 0.29) is 17.0 Å². The molecule has 1 aliphatic heterocycles. The van der Waals surface area contributed by atoms with Gasteiger partial charge in [0.15, 0.2) is 0 Å². The van der Waals surface area contributed by atoms with Crippen molar-refractivity contribution in [3.63, 3.8) is 0 Å². The second-order valence-electron chi connectivity index (χ2n) is 8.46. The highest BCUT2D eigenvalue weighted by Crippen LogP contribution is 2.45. The molecule has 3 nitrogen and oxygen atoms in total. The van der Waals surface area contributed by atoms with E-state index in [1.165, 1.54) is 12.1 Å². The number of amides is 1. The number of thioether (sulfide) groups is 1. The number of nitrogens with zero attached hydrogens (tertiary/aromatic N) is 1. The van der Waals surface area contributed by atoms with E-state index in [9.17, 15) is 9.18 Å². The molecular formula is C26H30Cl2FNO2S. The average molecular weight is 511 g/mol. The van der Waals surface area contributed by atoms with Crippen LogP contribution in [0.4, 0.5) is 4.39 Å². The molecule has 1 fully saturated rings. The minimum atomic E-state index is -0.698. The Morgan fingerprint density at radius 3 is 2.42 bits per heavy atom. The van der Waals surface area contributed by atoms with Crippen molar-refractivity contribution in [2.75, 3.05) is 5.75 Å². The van der Waals surface area contributed by atoms with E-state index >= 15 is 0 Å². The molecule has 3 rings (SSSR count). The number of benzene rings is 2. The van der Waals surface area contributed by atoms with Gasteiger partial charge in [-0.2, -0.15) is 11.8 Å². The van der Waals surface area contributed by atoms with Gasteiger partial charge in [0.2, 0.25) is 0 Å². The molecule has 4 atom stereocenters. The molecule has 1 amide bonds. The van der Waals surface area contributed by atoms with Crippen LogP contribution in [-0.4, -0.2) is 34.0 Å². The number of morpholine rings is 1. The van der Waals surface area contributed by atoms with E-state index in [0.717, 1.165) is 17.7 Å². The molecule has 0 spiro atoms. The van der Waals surface area contributed by atoms with Crippen molar-refractivity contribution in [2.24, 2.45) is 0 Å². The second kappa shape index (κ2) is 11.7. The summed E-state index contributed by atoms with van der Waals surface area (Å²) in [6, 6.07) is 11.3. The van der Waals surface area contributed by atoms with Gasteiger partial charge in [-0.15, -0.1) is 6.58 Å². The van der Waals surface area contributed by atoms with E-state index in [1.807, 2.05) is 28.8 Å². The first-order chi connectivity index (χ1) is 15.7. The topological polar surface area (TPSA) is 29.5 Å². The summed E-state index contributed by atoms with van der Waals surface area (Å²) in [7, 11) is 0. The fourth-order valence-electron chi connectivity index (χ4n) is 4.17. The standard InChI is InChI=1S/C26H30Cl2FNO2S/c1-5-7-23-26(31)30(22(6-2)15-33-16(3)4)24(17-8-10-19(27)11-9-17)25(32-23)18-12-20(28)14-21(29)13-18/h5,8-14,16,22-25H,1,6-7,15H2,2-4H3/t22?,23?,24-,25-/m1/s1. The smallest absolute Gasteiger partial charge is 0.252 e. The maximum atomic E-state index is 14.4. The third-order valence-corrected chi connectivity index (χ3v) is 7.43. The summed E-state index contributed by atoms with van der Waals surface area (Å²) >= 11 is 14.2. The minimum Gasteiger partial charge on any atom is -0.358 e. The number of rotatable bonds is 9. The molecule has 0 aliphatic carbocycles. The summed E-state index contributed by atoms with van der Waals surface area (Å²) in [4.78, 5) is 15.7. The molecule has 0 bridgehead atoms. The average Bonchev–Trinajstić information content (AvgIpc) is 2.76. The molecule has 2 aromatic rings. The number of carbonyl (C=O) groups is 1. The molecular weight excluding hydrogens is 480 g/mol. The molecule has 2 aromatic carbocycles. The van der Waals surface area contributed by atoms with Crippen LogP contribution in [0.3, 0.4) is 0 Å². The van der Waals surface area contributed by atoms with Gasteiger partial charge in [-0.25, -0.2) is 4.39 Å². The third-order valence-electron chi connectivity index (χ3n) is 5.72. The Kier molecular flexibility index (Phi) is 9.28. The summed E-state index contributed by atoms with van der Waals surface area (Å²) < 4.78 is 20.7. The highest BCUT2D eigenvalue weighted by Gasteiger charge is 2.46. The molecule has 1 saturated heterocycles.